The summed E-state index contributed by atoms with van der Waals surface area (Å²) in [6.07, 6.45) is 0. The Morgan fingerprint density at radius 2 is 1.74 bits per heavy atom. The van der Waals surface area contributed by atoms with Gasteiger partial charge in [-0.3, -0.25) is 4.79 Å². The zero-order valence-corrected chi connectivity index (χ0v) is 12.5. The fourth-order valence-electron chi connectivity index (χ4n) is 1.65. The lowest BCUT2D eigenvalue weighted by Gasteiger charge is -2.11. The second-order valence-corrected chi connectivity index (χ2v) is 5.47. The Hall–Kier alpha value is -1.32. The smallest absolute Gasteiger partial charge is 0.238 e. The van der Waals surface area contributed by atoms with E-state index in [1.807, 2.05) is 54.6 Å². The molecule has 0 unspecified atom stereocenters. The van der Waals surface area contributed by atoms with Gasteiger partial charge in [0, 0.05) is 11.6 Å². The lowest BCUT2D eigenvalue weighted by Crippen LogP contribution is -2.26. The highest BCUT2D eigenvalue weighted by atomic mass is 79.9. The maximum atomic E-state index is 12.0. The Balaban J connectivity index is 1.93. The van der Waals surface area contributed by atoms with Gasteiger partial charge in [0.05, 0.1) is 0 Å². The minimum atomic E-state index is -0.332. The van der Waals surface area contributed by atoms with E-state index in [2.05, 4.69) is 21.2 Å². The Kier molecular flexibility index (Phi) is 5.00. The van der Waals surface area contributed by atoms with E-state index in [9.17, 15) is 4.79 Å². The molecule has 0 fully saturated rings. The summed E-state index contributed by atoms with van der Waals surface area (Å²) in [5.41, 5.74) is 1.96. The first kappa shape index (κ1) is 14.1. The summed E-state index contributed by atoms with van der Waals surface area (Å²) in [7, 11) is 0. The second kappa shape index (κ2) is 6.73. The highest BCUT2D eigenvalue weighted by Crippen LogP contribution is 2.22. The van der Waals surface area contributed by atoms with Gasteiger partial charge in [0.15, 0.2) is 0 Å². The quantitative estimate of drug-likeness (QED) is 0.836. The number of carbonyl (C=O) groups excluding carboxylic acids is 1. The van der Waals surface area contributed by atoms with E-state index >= 15 is 0 Å². The van der Waals surface area contributed by atoms with Crippen LogP contribution in [0.5, 0.6) is 0 Å². The Bertz CT molecular complexity index is 542. The van der Waals surface area contributed by atoms with Gasteiger partial charge in [-0.05, 0) is 23.3 Å². The van der Waals surface area contributed by atoms with Crippen molar-refractivity contribution in [2.24, 2.45) is 0 Å². The van der Waals surface area contributed by atoms with E-state index in [1.54, 1.807) is 0 Å². The van der Waals surface area contributed by atoms with E-state index in [1.165, 1.54) is 0 Å². The molecule has 2 rings (SSSR count). The van der Waals surface area contributed by atoms with Crippen molar-refractivity contribution in [1.29, 1.82) is 0 Å². The molecule has 0 spiro atoms. The van der Waals surface area contributed by atoms with Crippen molar-refractivity contribution in [2.75, 3.05) is 0 Å². The normalized spacial score (nSPS) is 11.9. The minimum absolute atomic E-state index is 0.0545. The first-order valence-corrected chi connectivity index (χ1v) is 7.17. The average Bonchev–Trinajstić information content (AvgIpc) is 2.46. The number of rotatable bonds is 4. The maximum absolute atomic E-state index is 12.0. The minimum Gasteiger partial charge on any atom is -0.351 e. The maximum Gasteiger partial charge on any atom is 0.238 e. The molecule has 98 valence electrons. The van der Waals surface area contributed by atoms with Crippen molar-refractivity contribution in [3.05, 3.63) is 70.7 Å². The molecule has 4 heteroatoms. The van der Waals surface area contributed by atoms with Gasteiger partial charge in [-0.25, -0.2) is 0 Å². The van der Waals surface area contributed by atoms with Gasteiger partial charge in [0.25, 0.3) is 0 Å². The first-order valence-electron chi connectivity index (χ1n) is 5.88. The fraction of sp³-hybridized carbons (Fsp3) is 0.133. The van der Waals surface area contributed by atoms with Crippen LogP contribution >= 0.6 is 27.5 Å². The van der Waals surface area contributed by atoms with Crippen LogP contribution in [-0.2, 0) is 11.3 Å². The van der Waals surface area contributed by atoms with Crippen molar-refractivity contribution in [3.8, 4) is 0 Å². The van der Waals surface area contributed by atoms with Crippen LogP contribution in [0.2, 0.25) is 5.02 Å². The molecule has 2 nitrogen and oxygen atoms in total. The fourth-order valence-corrected chi connectivity index (χ4v) is 2.25. The average molecular weight is 339 g/mol. The summed E-state index contributed by atoms with van der Waals surface area (Å²) in [6.45, 7) is 0.491. The number of nitrogens with one attached hydrogen (secondary N) is 1. The standard InChI is InChI=1S/C15H13BrClNO/c16-14(12-4-2-1-3-5-12)15(19)18-10-11-6-8-13(17)9-7-11/h1-9,14H,10H2,(H,18,19)/t14-/m0/s1. The predicted molar refractivity (Wildman–Crippen MR) is 81.4 cm³/mol. The summed E-state index contributed by atoms with van der Waals surface area (Å²) >= 11 is 9.21. The Morgan fingerprint density at radius 1 is 1.11 bits per heavy atom. The van der Waals surface area contributed by atoms with E-state index < -0.39 is 0 Å². The molecule has 0 saturated heterocycles. The summed E-state index contributed by atoms with van der Waals surface area (Å²) < 4.78 is 0. The van der Waals surface area contributed by atoms with Crippen LogP contribution in [-0.4, -0.2) is 5.91 Å². The molecule has 0 aliphatic rings. The molecule has 1 amide bonds. The molecule has 2 aromatic rings. The largest absolute Gasteiger partial charge is 0.351 e. The van der Waals surface area contributed by atoms with Crippen molar-refractivity contribution < 1.29 is 4.79 Å². The lowest BCUT2D eigenvalue weighted by molar-refractivity contribution is -0.120. The topological polar surface area (TPSA) is 29.1 Å². The van der Waals surface area contributed by atoms with E-state index in [4.69, 9.17) is 11.6 Å². The van der Waals surface area contributed by atoms with Gasteiger partial charge in [-0.1, -0.05) is 70.0 Å². The van der Waals surface area contributed by atoms with Crippen LogP contribution < -0.4 is 5.32 Å². The van der Waals surface area contributed by atoms with Crippen LogP contribution in [0.15, 0.2) is 54.6 Å². The van der Waals surface area contributed by atoms with E-state index in [0.29, 0.717) is 11.6 Å². The highest BCUT2D eigenvalue weighted by molar-refractivity contribution is 9.09. The molecule has 1 N–H and O–H groups in total. The molecule has 1 atom stereocenters. The summed E-state index contributed by atoms with van der Waals surface area (Å²) in [5, 5.41) is 3.58. The molecule has 0 heterocycles. The van der Waals surface area contributed by atoms with E-state index in [-0.39, 0.29) is 10.7 Å². The van der Waals surface area contributed by atoms with Gasteiger partial charge in [-0.15, -0.1) is 0 Å². The van der Waals surface area contributed by atoms with Crippen LogP contribution in [0.4, 0.5) is 0 Å². The lowest BCUT2D eigenvalue weighted by atomic mass is 10.1. The van der Waals surface area contributed by atoms with Crippen molar-refractivity contribution in [2.45, 2.75) is 11.4 Å². The van der Waals surface area contributed by atoms with Crippen LogP contribution in [0.25, 0.3) is 0 Å². The first-order chi connectivity index (χ1) is 9.16. The number of hydrogen-bond acceptors (Lipinski definition) is 1. The molecule has 0 bridgehead atoms. The van der Waals surface area contributed by atoms with Crippen molar-refractivity contribution in [3.63, 3.8) is 0 Å². The van der Waals surface area contributed by atoms with E-state index in [0.717, 1.165) is 11.1 Å². The van der Waals surface area contributed by atoms with Crippen LogP contribution in [0.1, 0.15) is 16.0 Å². The molecular weight excluding hydrogens is 326 g/mol. The molecular formula is C15H13BrClNO. The third kappa shape index (κ3) is 4.08. The summed E-state index contributed by atoms with van der Waals surface area (Å²) in [4.78, 5) is 11.7. The third-order valence-corrected chi connectivity index (χ3v) is 3.90. The molecule has 2 aromatic carbocycles. The molecule has 0 aliphatic carbocycles. The number of benzene rings is 2. The van der Waals surface area contributed by atoms with Gasteiger partial charge in [-0.2, -0.15) is 0 Å². The highest BCUT2D eigenvalue weighted by Gasteiger charge is 2.15. The SMILES string of the molecule is O=C(NCc1ccc(Cl)cc1)[C@@H](Br)c1ccccc1. The zero-order chi connectivity index (χ0) is 13.7. The second-order valence-electron chi connectivity index (χ2n) is 4.12. The molecule has 0 aromatic heterocycles. The molecule has 0 aliphatic heterocycles. The molecule has 0 radical (unpaired) electrons. The van der Waals surface area contributed by atoms with Crippen LogP contribution in [0.3, 0.4) is 0 Å². The number of amides is 1. The van der Waals surface area contributed by atoms with Crippen molar-refractivity contribution in [1.82, 2.24) is 5.32 Å². The summed E-state index contributed by atoms with van der Waals surface area (Å²) in [6, 6.07) is 17.0. The Labute approximate surface area is 125 Å². The number of hydrogen-bond donors (Lipinski definition) is 1. The number of carbonyl (C=O) groups is 1. The zero-order valence-electron chi connectivity index (χ0n) is 10.1. The molecule has 0 saturated carbocycles. The van der Waals surface area contributed by atoms with Crippen LogP contribution in [0, 0.1) is 0 Å². The predicted octanol–water partition coefficient (Wildman–Crippen LogP) is 4.09. The van der Waals surface area contributed by atoms with Gasteiger partial charge in [0.2, 0.25) is 5.91 Å². The Morgan fingerprint density at radius 3 is 2.37 bits per heavy atom. The van der Waals surface area contributed by atoms with Gasteiger partial charge >= 0.3 is 0 Å². The van der Waals surface area contributed by atoms with Gasteiger partial charge < -0.3 is 5.32 Å². The monoisotopic (exact) mass is 337 g/mol. The number of alkyl halides is 1. The van der Waals surface area contributed by atoms with Gasteiger partial charge in [0.1, 0.15) is 4.83 Å². The van der Waals surface area contributed by atoms with Crippen molar-refractivity contribution >= 4 is 33.4 Å². The summed E-state index contributed by atoms with van der Waals surface area (Å²) in [5.74, 6) is -0.0545. The number of halogens is 2. The third-order valence-electron chi connectivity index (χ3n) is 2.70. The molecule has 19 heavy (non-hydrogen) atoms.